The van der Waals surface area contributed by atoms with Crippen LogP contribution in [0.4, 0.5) is 4.39 Å². The molecule has 1 aliphatic rings. The molecule has 3 rings (SSSR count). The van der Waals surface area contributed by atoms with E-state index in [4.69, 9.17) is 4.74 Å². The summed E-state index contributed by atoms with van der Waals surface area (Å²) >= 11 is 1.28. The highest BCUT2D eigenvalue weighted by atomic mass is 32.1. The maximum atomic E-state index is 13.5. The van der Waals surface area contributed by atoms with Gasteiger partial charge in [0.2, 0.25) is 11.8 Å². The highest BCUT2D eigenvalue weighted by Gasteiger charge is 2.33. The number of rotatable bonds is 10. The van der Waals surface area contributed by atoms with Crippen LogP contribution < -0.4 is 10.6 Å². The molecule has 2 N–H and O–H groups in total. The average Bonchev–Trinajstić information content (AvgIpc) is 3.50. The van der Waals surface area contributed by atoms with Crippen LogP contribution in [0.25, 0.3) is 0 Å². The van der Waals surface area contributed by atoms with Gasteiger partial charge in [-0.15, -0.1) is 11.3 Å². The molecule has 9 heteroatoms. The first-order valence-corrected chi connectivity index (χ1v) is 11.5. The third-order valence-electron chi connectivity index (χ3n) is 5.45. The molecule has 172 valence electrons. The quantitative estimate of drug-likeness (QED) is 0.570. The minimum absolute atomic E-state index is 0.0587. The maximum Gasteiger partial charge on any atom is 0.261 e. The second kappa shape index (κ2) is 11.7. The molecule has 0 spiro atoms. The minimum atomic E-state index is -0.961. The number of hydrogen-bond acceptors (Lipinski definition) is 5. The Hall–Kier alpha value is -2.78. The normalized spacial score (nSPS) is 14.7. The second-order valence-electron chi connectivity index (χ2n) is 7.68. The van der Waals surface area contributed by atoms with Crippen molar-refractivity contribution in [2.24, 2.45) is 0 Å². The zero-order valence-electron chi connectivity index (χ0n) is 18.0. The van der Waals surface area contributed by atoms with Crippen molar-refractivity contribution in [3.05, 3.63) is 58.0 Å². The van der Waals surface area contributed by atoms with Gasteiger partial charge in [-0.25, -0.2) is 4.39 Å². The van der Waals surface area contributed by atoms with Gasteiger partial charge in [0.15, 0.2) is 0 Å². The topological polar surface area (TPSA) is 87.7 Å². The molecule has 1 aromatic carbocycles. The van der Waals surface area contributed by atoms with Gasteiger partial charge in [-0.2, -0.15) is 0 Å². The summed E-state index contributed by atoms with van der Waals surface area (Å²) in [5, 5.41) is 7.43. The van der Waals surface area contributed by atoms with Crippen LogP contribution in [0.2, 0.25) is 0 Å². The third-order valence-corrected chi connectivity index (χ3v) is 6.32. The largest absolute Gasteiger partial charge is 0.383 e. The molecule has 0 saturated heterocycles. The van der Waals surface area contributed by atoms with Crippen molar-refractivity contribution in [2.45, 2.75) is 37.8 Å². The summed E-state index contributed by atoms with van der Waals surface area (Å²) in [5.74, 6) is -1.53. The highest BCUT2D eigenvalue weighted by Crippen LogP contribution is 2.24. The first kappa shape index (κ1) is 23.9. The lowest BCUT2D eigenvalue weighted by Gasteiger charge is -2.32. The highest BCUT2D eigenvalue weighted by molar-refractivity contribution is 7.12. The van der Waals surface area contributed by atoms with Crippen LogP contribution in [-0.2, 0) is 14.3 Å². The monoisotopic (exact) mass is 461 g/mol. The summed E-state index contributed by atoms with van der Waals surface area (Å²) in [7, 11) is 1.51. The molecular weight excluding hydrogens is 433 g/mol. The summed E-state index contributed by atoms with van der Waals surface area (Å²) in [6, 6.07) is 8.07. The van der Waals surface area contributed by atoms with Gasteiger partial charge in [0, 0.05) is 19.7 Å². The molecule has 1 heterocycles. The summed E-state index contributed by atoms with van der Waals surface area (Å²) in [6.07, 6.45) is 3.88. The fraction of sp³-hybridized carbons (Fsp3) is 0.435. The van der Waals surface area contributed by atoms with Crippen LogP contribution in [0.1, 0.15) is 47.0 Å². The van der Waals surface area contributed by atoms with E-state index in [0.717, 1.165) is 25.7 Å². The van der Waals surface area contributed by atoms with E-state index in [1.807, 2.05) is 0 Å². The Kier molecular flexibility index (Phi) is 8.75. The number of thiophene rings is 1. The molecule has 0 aliphatic heterocycles. The number of carbonyl (C=O) groups is 3. The summed E-state index contributed by atoms with van der Waals surface area (Å²) in [6.45, 7) is 0.0815. The van der Waals surface area contributed by atoms with Crippen LogP contribution >= 0.6 is 11.3 Å². The van der Waals surface area contributed by atoms with Crippen LogP contribution in [0.5, 0.6) is 0 Å². The van der Waals surface area contributed by atoms with E-state index in [-0.39, 0.29) is 37.6 Å². The smallest absolute Gasteiger partial charge is 0.261 e. The van der Waals surface area contributed by atoms with Gasteiger partial charge in [-0.1, -0.05) is 31.0 Å². The number of amides is 3. The Labute approximate surface area is 190 Å². The lowest BCUT2D eigenvalue weighted by molar-refractivity contribution is -0.141. The third kappa shape index (κ3) is 6.37. The molecule has 1 saturated carbocycles. The minimum Gasteiger partial charge on any atom is -0.383 e. The van der Waals surface area contributed by atoms with E-state index in [9.17, 15) is 18.8 Å². The molecule has 1 atom stereocenters. The molecule has 1 fully saturated rings. The molecular formula is C23H28FN3O4S. The summed E-state index contributed by atoms with van der Waals surface area (Å²) in [5.41, 5.74) is 0.496. The number of benzene rings is 1. The number of nitrogens with one attached hydrogen (secondary N) is 2. The zero-order valence-corrected chi connectivity index (χ0v) is 18.8. The molecule has 0 unspecified atom stereocenters. The molecule has 0 bridgehead atoms. The van der Waals surface area contributed by atoms with Gasteiger partial charge in [0.25, 0.3) is 5.91 Å². The Morgan fingerprint density at radius 3 is 2.53 bits per heavy atom. The molecule has 1 aromatic heterocycles. The molecule has 7 nitrogen and oxygen atoms in total. The Morgan fingerprint density at radius 1 is 1.19 bits per heavy atom. The standard InChI is InChI=1S/C23H28FN3O4S/c1-31-13-12-27(20(28)15-25-22(29)19-7-4-14-32-19)21(16-8-10-17(24)11-9-16)23(30)26-18-5-2-3-6-18/h4,7-11,14,18,21H,2-3,5-6,12-13,15H2,1H3,(H,25,29)(H,26,30)/t21-/m0/s1. The van der Waals surface area contributed by atoms with Crippen molar-refractivity contribution in [3.63, 3.8) is 0 Å². The van der Waals surface area contributed by atoms with Gasteiger partial charge >= 0.3 is 0 Å². The van der Waals surface area contributed by atoms with Gasteiger partial charge in [-0.05, 0) is 42.0 Å². The number of carbonyl (C=O) groups excluding carboxylic acids is 3. The van der Waals surface area contributed by atoms with Gasteiger partial charge in [-0.3, -0.25) is 14.4 Å². The molecule has 1 aliphatic carbocycles. The van der Waals surface area contributed by atoms with Crippen molar-refractivity contribution in [1.82, 2.24) is 15.5 Å². The van der Waals surface area contributed by atoms with Crippen LogP contribution in [0, 0.1) is 5.82 Å². The van der Waals surface area contributed by atoms with Crippen LogP contribution in [-0.4, -0.2) is 55.5 Å². The van der Waals surface area contributed by atoms with Crippen molar-refractivity contribution in [3.8, 4) is 0 Å². The fourth-order valence-electron chi connectivity index (χ4n) is 3.81. The lowest BCUT2D eigenvalue weighted by Crippen LogP contribution is -2.49. The summed E-state index contributed by atoms with van der Waals surface area (Å²) < 4.78 is 18.7. The Bertz CT molecular complexity index is 898. The summed E-state index contributed by atoms with van der Waals surface area (Å²) in [4.78, 5) is 40.6. The van der Waals surface area contributed by atoms with Crippen molar-refractivity contribution < 1.29 is 23.5 Å². The van der Waals surface area contributed by atoms with E-state index >= 15 is 0 Å². The zero-order chi connectivity index (χ0) is 22.9. The molecule has 2 aromatic rings. The Balaban J connectivity index is 1.81. The van der Waals surface area contributed by atoms with E-state index in [1.165, 1.54) is 47.6 Å². The van der Waals surface area contributed by atoms with E-state index in [1.54, 1.807) is 17.5 Å². The predicted molar refractivity (Wildman–Crippen MR) is 120 cm³/mol. The Morgan fingerprint density at radius 2 is 1.91 bits per heavy atom. The van der Waals surface area contributed by atoms with E-state index < -0.39 is 17.8 Å². The number of hydrogen-bond donors (Lipinski definition) is 2. The molecule has 3 amide bonds. The molecule has 0 radical (unpaired) electrons. The van der Waals surface area contributed by atoms with Gasteiger partial charge in [0.1, 0.15) is 11.9 Å². The van der Waals surface area contributed by atoms with Crippen molar-refractivity contribution in [2.75, 3.05) is 26.8 Å². The van der Waals surface area contributed by atoms with Crippen molar-refractivity contribution >= 4 is 29.1 Å². The predicted octanol–water partition coefficient (Wildman–Crippen LogP) is 2.89. The molecule has 32 heavy (non-hydrogen) atoms. The van der Waals surface area contributed by atoms with Crippen LogP contribution in [0.3, 0.4) is 0 Å². The average molecular weight is 462 g/mol. The first-order chi connectivity index (χ1) is 15.5. The number of ether oxygens (including phenoxy) is 1. The SMILES string of the molecule is COCCN(C(=O)CNC(=O)c1cccs1)[C@H](C(=O)NC1CCCC1)c1ccc(F)cc1. The first-order valence-electron chi connectivity index (χ1n) is 10.7. The van der Waals surface area contributed by atoms with E-state index in [2.05, 4.69) is 10.6 Å². The van der Waals surface area contributed by atoms with Gasteiger partial charge < -0.3 is 20.3 Å². The number of halogens is 1. The second-order valence-corrected chi connectivity index (χ2v) is 8.63. The fourth-order valence-corrected chi connectivity index (χ4v) is 4.45. The van der Waals surface area contributed by atoms with Crippen LogP contribution in [0.15, 0.2) is 41.8 Å². The van der Waals surface area contributed by atoms with E-state index in [0.29, 0.717) is 10.4 Å². The lowest BCUT2D eigenvalue weighted by atomic mass is 10.0. The number of methoxy groups -OCH3 is 1. The number of nitrogens with zero attached hydrogens (tertiary/aromatic N) is 1. The van der Waals surface area contributed by atoms with Crippen molar-refractivity contribution in [1.29, 1.82) is 0 Å². The maximum absolute atomic E-state index is 13.5. The van der Waals surface area contributed by atoms with Gasteiger partial charge in [0.05, 0.1) is 18.0 Å².